The van der Waals surface area contributed by atoms with Gasteiger partial charge < -0.3 is 15.7 Å². The molecule has 3 N–H and O–H groups in total. The maximum Gasteiger partial charge on any atom is 0.223 e. The van der Waals surface area contributed by atoms with Crippen molar-refractivity contribution in [2.45, 2.75) is 37.7 Å². The number of aliphatic hydroxyl groups excluding tert-OH is 1. The van der Waals surface area contributed by atoms with E-state index >= 15 is 0 Å². The first-order chi connectivity index (χ1) is 13.8. The van der Waals surface area contributed by atoms with E-state index in [0.717, 1.165) is 30.0 Å². The molecule has 0 spiro atoms. The van der Waals surface area contributed by atoms with Gasteiger partial charge in [-0.1, -0.05) is 6.42 Å². The zero-order valence-corrected chi connectivity index (χ0v) is 15.8. The predicted molar refractivity (Wildman–Crippen MR) is 106 cm³/mol. The van der Waals surface area contributed by atoms with E-state index in [1.807, 2.05) is 29.0 Å². The Morgan fingerprint density at radius 2 is 2.07 bits per heavy atom. The van der Waals surface area contributed by atoms with E-state index in [9.17, 15) is 5.11 Å². The van der Waals surface area contributed by atoms with Gasteiger partial charge in [0.1, 0.15) is 0 Å². The van der Waals surface area contributed by atoms with Gasteiger partial charge in [-0.05, 0) is 43.9 Å². The molecule has 0 bridgehead atoms. The number of nitrogens with one attached hydrogen (secondary N) is 2. The molecule has 0 unspecified atom stereocenters. The fourth-order valence-corrected chi connectivity index (χ4v) is 3.98. The molecule has 28 heavy (non-hydrogen) atoms. The number of aliphatic hydroxyl groups is 1. The normalized spacial score (nSPS) is 22.9. The fourth-order valence-electron chi connectivity index (χ4n) is 3.98. The van der Waals surface area contributed by atoms with E-state index in [1.54, 1.807) is 6.20 Å². The van der Waals surface area contributed by atoms with Crippen LogP contribution in [-0.4, -0.2) is 55.4 Å². The summed E-state index contributed by atoms with van der Waals surface area (Å²) in [6.45, 7) is 2.24. The first kappa shape index (κ1) is 17.5. The summed E-state index contributed by atoms with van der Waals surface area (Å²) in [5, 5.41) is 21.0. The van der Waals surface area contributed by atoms with Gasteiger partial charge in [0.2, 0.25) is 5.95 Å². The first-order valence-electron chi connectivity index (χ1n) is 10.1. The smallest absolute Gasteiger partial charge is 0.223 e. The number of β-amino-alcohol motifs (C(OH)–C–C–N with tert-alkyl or cyclic N) is 1. The van der Waals surface area contributed by atoms with Gasteiger partial charge in [0, 0.05) is 37.0 Å². The Morgan fingerprint density at radius 3 is 2.89 bits per heavy atom. The lowest BCUT2D eigenvalue weighted by atomic mass is 9.81. The first-order valence-corrected chi connectivity index (χ1v) is 10.1. The van der Waals surface area contributed by atoms with Gasteiger partial charge in [0.05, 0.1) is 23.7 Å². The van der Waals surface area contributed by atoms with Crippen LogP contribution >= 0.6 is 0 Å². The molecule has 0 amide bonds. The monoisotopic (exact) mass is 379 g/mol. The van der Waals surface area contributed by atoms with Crippen molar-refractivity contribution < 1.29 is 5.11 Å². The second-order valence-electron chi connectivity index (χ2n) is 7.78. The molecule has 3 aromatic heterocycles. The van der Waals surface area contributed by atoms with E-state index in [2.05, 4.69) is 25.7 Å². The van der Waals surface area contributed by atoms with Crippen molar-refractivity contribution in [2.24, 2.45) is 5.92 Å². The molecule has 2 atom stereocenters. The van der Waals surface area contributed by atoms with Crippen LogP contribution in [0.3, 0.4) is 0 Å². The van der Waals surface area contributed by atoms with Crippen molar-refractivity contribution in [3.8, 4) is 11.4 Å². The van der Waals surface area contributed by atoms with Gasteiger partial charge in [0.15, 0.2) is 5.65 Å². The Hall–Kier alpha value is -2.58. The van der Waals surface area contributed by atoms with Crippen molar-refractivity contribution >= 4 is 11.6 Å². The van der Waals surface area contributed by atoms with Crippen molar-refractivity contribution in [2.75, 3.05) is 25.0 Å². The molecule has 1 aliphatic heterocycles. The molecule has 8 nitrogen and oxygen atoms in total. The number of fused-ring (bicyclic) bond motifs is 1. The van der Waals surface area contributed by atoms with E-state index in [-0.39, 0.29) is 12.0 Å². The molecular weight excluding hydrogens is 354 g/mol. The molecule has 0 radical (unpaired) electrons. The summed E-state index contributed by atoms with van der Waals surface area (Å²) in [6.07, 6.45) is 9.98. The molecule has 3 aromatic rings. The van der Waals surface area contributed by atoms with E-state index in [0.29, 0.717) is 25.0 Å². The summed E-state index contributed by atoms with van der Waals surface area (Å²) in [6, 6.07) is 3.82. The maximum absolute atomic E-state index is 10.1. The van der Waals surface area contributed by atoms with Crippen molar-refractivity contribution in [3.63, 3.8) is 0 Å². The van der Waals surface area contributed by atoms with Gasteiger partial charge in [-0.15, -0.1) is 0 Å². The van der Waals surface area contributed by atoms with Crippen molar-refractivity contribution in [3.05, 3.63) is 36.3 Å². The average molecular weight is 379 g/mol. The van der Waals surface area contributed by atoms with Crippen LogP contribution in [0.1, 0.15) is 37.2 Å². The second-order valence-corrected chi connectivity index (χ2v) is 7.78. The molecule has 0 aromatic carbocycles. The summed E-state index contributed by atoms with van der Waals surface area (Å²) in [4.78, 5) is 13.8. The van der Waals surface area contributed by atoms with Gasteiger partial charge in [-0.3, -0.25) is 0 Å². The van der Waals surface area contributed by atoms with Crippen LogP contribution in [-0.2, 0) is 0 Å². The number of piperidine rings is 1. The highest BCUT2D eigenvalue weighted by Crippen LogP contribution is 2.38. The number of rotatable bonds is 5. The van der Waals surface area contributed by atoms with Gasteiger partial charge in [0.25, 0.3) is 0 Å². The lowest BCUT2D eigenvalue weighted by Gasteiger charge is -2.28. The second kappa shape index (κ2) is 7.44. The molecule has 146 valence electrons. The minimum absolute atomic E-state index is 0.208. The fraction of sp³-hybridized carbons (Fsp3) is 0.500. The van der Waals surface area contributed by atoms with E-state index < -0.39 is 0 Å². The summed E-state index contributed by atoms with van der Waals surface area (Å²) in [5.41, 5.74) is 3.76. The Labute approximate surface area is 163 Å². The van der Waals surface area contributed by atoms with Crippen LogP contribution < -0.4 is 10.6 Å². The van der Waals surface area contributed by atoms with Gasteiger partial charge in [-0.2, -0.15) is 5.10 Å². The summed E-state index contributed by atoms with van der Waals surface area (Å²) < 4.78 is 1.84. The third-order valence-corrected chi connectivity index (χ3v) is 5.97. The molecule has 1 saturated carbocycles. The van der Waals surface area contributed by atoms with Crippen molar-refractivity contribution in [1.82, 2.24) is 29.9 Å². The SMILES string of the molecule is O[C@@H]1CNCC[C@H]1CNc1nccc(-c2ccn3ncc(C4CCC4)c3n2)n1. The highest BCUT2D eigenvalue weighted by molar-refractivity contribution is 5.60. The molecule has 1 saturated heterocycles. The highest BCUT2D eigenvalue weighted by atomic mass is 16.3. The predicted octanol–water partition coefficient (Wildman–Crippen LogP) is 1.84. The Kier molecular flexibility index (Phi) is 4.66. The van der Waals surface area contributed by atoms with Crippen LogP contribution in [0.5, 0.6) is 0 Å². The molecular formula is C20H25N7O. The Bertz CT molecular complexity index is 968. The Morgan fingerprint density at radius 1 is 1.18 bits per heavy atom. The van der Waals surface area contributed by atoms with Crippen LogP contribution in [0.25, 0.3) is 17.0 Å². The molecule has 4 heterocycles. The number of aromatic nitrogens is 5. The van der Waals surface area contributed by atoms with Gasteiger partial charge >= 0.3 is 0 Å². The maximum atomic E-state index is 10.1. The highest BCUT2D eigenvalue weighted by Gasteiger charge is 2.24. The van der Waals surface area contributed by atoms with Crippen LogP contribution in [0.15, 0.2) is 30.7 Å². The van der Waals surface area contributed by atoms with E-state index in [4.69, 9.17) is 4.98 Å². The topological polar surface area (TPSA) is 100 Å². The quantitative estimate of drug-likeness (QED) is 0.622. The number of nitrogens with zero attached hydrogens (tertiary/aromatic N) is 5. The lowest BCUT2D eigenvalue weighted by molar-refractivity contribution is 0.0883. The summed E-state index contributed by atoms with van der Waals surface area (Å²) in [7, 11) is 0. The number of hydrogen-bond donors (Lipinski definition) is 3. The van der Waals surface area contributed by atoms with E-state index in [1.165, 1.54) is 24.8 Å². The van der Waals surface area contributed by atoms with Crippen LogP contribution in [0.4, 0.5) is 5.95 Å². The standard InChI is InChI=1S/C20H25N7O/c28-18-12-21-7-4-14(18)10-23-20-22-8-5-16(26-20)17-6-9-27-19(25-17)15(11-24-27)13-2-1-3-13/h5-6,8-9,11,13-14,18,21,28H,1-4,7,10,12H2,(H,22,23,26)/t14-,18+/m0/s1. The Balaban J connectivity index is 1.36. The van der Waals surface area contributed by atoms with Crippen molar-refractivity contribution in [1.29, 1.82) is 0 Å². The lowest BCUT2D eigenvalue weighted by Crippen LogP contribution is -2.43. The molecule has 2 fully saturated rings. The molecule has 2 aliphatic rings. The molecule has 8 heteroatoms. The molecule has 1 aliphatic carbocycles. The summed E-state index contributed by atoms with van der Waals surface area (Å²) in [5.74, 6) is 1.36. The molecule has 5 rings (SSSR count). The number of hydrogen-bond acceptors (Lipinski definition) is 7. The number of anilines is 1. The van der Waals surface area contributed by atoms with Crippen LogP contribution in [0, 0.1) is 5.92 Å². The third kappa shape index (κ3) is 3.33. The minimum Gasteiger partial charge on any atom is -0.391 e. The third-order valence-electron chi connectivity index (χ3n) is 5.97. The minimum atomic E-state index is -0.333. The average Bonchev–Trinajstić information content (AvgIpc) is 3.09. The van der Waals surface area contributed by atoms with Gasteiger partial charge in [-0.25, -0.2) is 19.5 Å². The zero-order chi connectivity index (χ0) is 18.9. The largest absolute Gasteiger partial charge is 0.391 e. The van der Waals surface area contributed by atoms with Crippen LogP contribution in [0.2, 0.25) is 0 Å². The summed E-state index contributed by atoms with van der Waals surface area (Å²) >= 11 is 0. The zero-order valence-electron chi connectivity index (χ0n) is 15.8.